The Hall–Kier alpha value is -2.43. The molecule has 0 unspecified atom stereocenters. The number of hydrogen-bond donors (Lipinski definition) is 1. The van der Waals surface area contributed by atoms with Gasteiger partial charge in [-0.1, -0.05) is 19.1 Å². The van der Waals surface area contributed by atoms with Gasteiger partial charge in [-0.2, -0.15) is 0 Å². The lowest BCUT2D eigenvalue weighted by molar-refractivity contribution is 0.567. The zero-order valence-corrected chi connectivity index (χ0v) is 10.2. The van der Waals surface area contributed by atoms with Gasteiger partial charge in [0.1, 0.15) is 11.5 Å². The molecule has 0 amide bonds. The number of aryl methyl sites for hydroxylation is 1. The Morgan fingerprint density at radius 2 is 2.21 bits per heavy atom. The van der Waals surface area contributed by atoms with E-state index in [0.717, 1.165) is 0 Å². The minimum Gasteiger partial charge on any atom is -0.451 e. The number of aromatic nitrogens is 2. The van der Waals surface area contributed by atoms with Gasteiger partial charge in [0.05, 0.1) is 0 Å². The maximum absolute atomic E-state index is 13.6. The van der Waals surface area contributed by atoms with Crippen LogP contribution >= 0.6 is 0 Å². The third kappa shape index (κ3) is 2.03. The molecule has 0 aliphatic heterocycles. The summed E-state index contributed by atoms with van der Waals surface area (Å²) in [5.41, 5.74) is 0.344. The predicted octanol–water partition coefficient (Wildman–Crippen LogP) is 2.88. The van der Waals surface area contributed by atoms with Crippen molar-refractivity contribution in [2.45, 2.75) is 13.3 Å². The Morgan fingerprint density at radius 1 is 1.37 bits per heavy atom. The third-order valence-corrected chi connectivity index (χ3v) is 2.87. The second kappa shape index (κ2) is 4.35. The zero-order valence-electron chi connectivity index (χ0n) is 10.2. The number of rotatable bonds is 2. The summed E-state index contributed by atoms with van der Waals surface area (Å²) in [6.45, 7) is 1.89. The van der Waals surface area contributed by atoms with E-state index in [9.17, 15) is 9.18 Å². The molecule has 0 aliphatic rings. The molecular formula is C14H11FN2O2. The molecule has 0 spiro atoms. The maximum atomic E-state index is 13.6. The van der Waals surface area contributed by atoms with Crippen LogP contribution < -0.4 is 5.56 Å². The number of hydrogen-bond acceptors (Lipinski definition) is 3. The van der Waals surface area contributed by atoms with E-state index in [-0.39, 0.29) is 11.1 Å². The van der Waals surface area contributed by atoms with Crippen LogP contribution in [-0.2, 0) is 6.42 Å². The van der Waals surface area contributed by atoms with Gasteiger partial charge < -0.3 is 9.40 Å². The van der Waals surface area contributed by atoms with Crippen molar-refractivity contribution in [3.63, 3.8) is 0 Å². The molecule has 0 saturated heterocycles. The van der Waals surface area contributed by atoms with E-state index in [1.165, 1.54) is 12.1 Å². The average Bonchev–Trinajstić information content (AvgIpc) is 2.83. The number of benzene rings is 1. The fourth-order valence-electron chi connectivity index (χ4n) is 1.96. The second-order valence-electron chi connectivity index (χ2n) is 4.20. The molecule has 3 aromatic rings. The summed E-state index contributed by atoms with van der Waals surface area (Å²) in [6.07, 6.45) is 0.609. The molecule has 0 aliphatic carbocycles. The Bertz CT molecular complexity index is 805. The van der Waals surface area contributed by atoms with Crippen molar-refractivity contribution in [1.29, 1.82) is 0 Å². The summed E-state index contributed by atoms with van der Waals surface area (Å²) in [5, 5.41) is 0.648. The van der Waals surface area contributed by atoms with E-state index in [2.05, 4.69) is 9.97 Å². The van der Waals surface area contributed by atoms with Crippen LogP contribution in [0, 0.1) is 5.82 Å². The van der Waals surface area contributed by atoms with Gasteiger partial charge in [-0.05, 0) is 12.1 Å². The van der Waals surface area contributed by atoms with Crippen molar-refractivity contribution in [2.24, 2.45) is 0 Å². The number of nitrogens with zero attached hydrogens (tertiary/aromatic N) is 1. The second-order valence-corrected chi connectivity index (χ2v) is 4.20. The Kier molecular flexibility index (Phi) is 2.67. The van der Waals surface area contributed by atoms with E-state index < -0.39 is 5.82 Å². The molecule has 96 valence electrons. The standard InChI is InChI=1S/C14H11FN2O2/c1-2-12-16-10(7-13(18)17-12)11-6-8-4-3-5-9(15)14(8)19-11/h3-7H,2H2,1H3,(H,16,17,18). The fourth-order valence-corrected chi connectivity index (χ4v) is 1.96. The smallest absolute Gasteiger partial charge is 0.251 e. The van der Waals surface area contributed by atoms with Gasteiger partial charge in [-0.25, -0.2) is 9.37 Å². The zero-order chi connectivity index (χ0) is 13.4. The normalized spacial score (nSPS) is 11.1. The lowest BCUT2D eigenvalue weighted by atomic mass is 10.2. The van der Waals surface area contributed by atoms with E-state index in [1.807, 2.05) is 6.92 Å². The summed E-state index contributed by atoms with van der Waals surface area (Å²) < 4.78 is 19.0. The molecule has 0 radical (unpaired) electrons. The highest BCUT2D eigenvalue weighted by Gasteiger charge is 2.11. The Morgan fingerprint density at radius 3 is 2.95 bits per heavy atom. The van der Waals surface area contributed by atoms with Crippen LogP contribution in [-0.4, -0.2) is 9.97 Å². The van der Waals surface area contributed by atoms with Crippen LogP contribution in [0.4, 0.5) is 4.39 Å². The average molecular weight is 258 g/mol. The van der Waals surface area contributed by atoms with Gasteiger partial charge >= 0.3 is 0 Å². The van der Waals surface area contributed by atoms with Crippen LogP contribution in [0.15, 0.2) is 39.5 Å². The monoisotopic (exact) mass is 258 g/mol. The van der Waals surface area contributed by atoms with Crippen molar-refractivity contribution < 1.29 is 8.81 Å². The molecule has 3 rings (SSSR count). The van der Waals surface area contributed by atoms with Crippen molar-refractivity contribution >= 4 is 11.0 Å². The summed E-state index contributed by atoms with van der Waals surface area (Å²) in [4.78, 5) is 18.4. The van der Waals surface area contributed by atoms with Gasteiger partial charge in [0.2, 0.25) is 0 Å². The Labute approximate surface area is 107 Å². The first-order chi connectivity index (χ1) is 9.17. The van der Waals surface area contributed by atoms with E-state index in [0.29, 0.717) is 29.1 Å². The number of furan rings is 1. The molecule has 4 nitrogen and oxygen atoms in total. The molecule has 0 saturated carbocycles. The van der Waals surface area contributed by atoms with Crippen LogP contribution in [0.1, 0.15) is 12.7 Å². The first-order valence-electron chi connectivity index (χ1n) is 5.96. The predicted molar refractivity (Wildman–Crippen MR) is 69.4 cm³/mol. The van der Waals surface area contributed by atoms with Crippen LogP contribution in [0.3, 0.4) is 0 Å². The fraction of sp³-hybridized carbons (Fsp3) is 0.143. The lowest BCUT2D eigenvalue weighted by Crippen LogP contribution is -2.10. The molecule has 1 aromatic carbocycles. The molecule has 19 heavy (non-hydrogen) atoms. The summed E-state index contributed by atoms with van der Waals surface area (Å²) >= 11 is 0. The summed E-state index contributed by atoms with van der Waals surface area (Å²) in [6, 6.07) is 7.71. The van der Waals surface area contributed by atoms with E-state index >= 15 is 0 Å². The molecule has 0 bridgehead atoms. The first kappa shape index (κ1) is 11.6. The molecule has 0 atom stereocenters. The topological polar surface area (TPSA) is 58.9 Å². The van der Waals surface area contributed by atoms with Gasteiger partial charge in [-0.15, -0.1) is 0 Å². The minimum absolute atomic E-state index is 0.178. The van der Waals surface area contributed by atoms with Crippen molar-refractivity contribution in [3.8, 4) is 11.5 Å². The number of nitrogens with one attached hydrogen (secondary N) is 1. The summed E-state index contributed by atoms with van der Waals surface area (Å²) in [7, 11) is 0. The van der Waals surface area contributed by atoms with Gasteiger partial charge in [0, 0.05) is 17.9 Å². The van der Waals surface area contributed by atoms with Crippen molar-refractivity contribution in [3.05, 3.63) is 52.3 Å². The first-order valence-corrected chi connectivity index (χ1v) is 5.96. The van der Waals surface area contributed by atoms with Crippen LogP contribution in [0.5, 0.6) is 0 Å². The van der Waals surface area contributed by atoms with Crippen LogP contribution in [0.25, 0.3) is 22.4 Å². The number of halogens is 1. The molecule has 1 N–H and O–H groups in total. The summed E-state index contributed by atoms with van der Waals surface area (Å²) in [5.74, 6) is 0.536. The van der Waals surface area contributed by atoms with Crippen LogP contribution in [0.2, 0.25) is 0 Å². The van der Waals surface area contributed by atoms with Crippen molar-refractivity contribution in [1.82, 2.24) is 9.97 Å². The highest BCUT2D eigenvalue weighted by Crippen LogP contribution is 2.27. The quantitative estimate of drug-likeness (QED) is 0.768. The maximum Gasteiger partial charge on any atom is 0.251 e. The molecule has 5 heteroatoms. The highest BCUT2D eigenvalue weighted by atomic mass is 19.1. The number of fused-ring (bicyclic) bond motifs is 1. The van der Waals surface area contributed by atoms with E-state index in [1.54, 1.807) is 18.2 Å². The largest absolute Gasteiger partial charge is 0.451 e. The molecule has 0 fully saturated rings. The SMILES string of the molecule is CCc1nc(-c2cc3cccc(F)c3o2)cc(=O)[nH]1. The molecule has 2 aromatic heterocycles. The lowest BCUT2D eigenvalue weighted by Gasteiger charge is -1.98. The van der Waals surface area contributed by atoms with E-state index in [4.69, 9.17) is 4.42 Å². The third-order valence-electron chi connectivity index (χ3n) is 2.87. The number of para-hydroxylation sites is 1. The molecular weight excluding hydrogens is 247 g/mol. The number of aromatic amines is 1. The minimum atomic E-state index is -0.427. The Balaban J connectivity index is 2.21. The van der Waals surface area contributed by atoms with Gasteiger partial charge in [-0.3, -0.25) is 4.79 Å². The number of H-pyrrole nitrogens is 1. The molecule has 2 heterocycles. The highest BCUT2D eigenvalue weighted by molar-refractivity contribution is 5.82. The van der Waals surface area contributed by atoms with Gasteiger partial charge in [0.15, 0.2) is 17.2 Å². The van der Waals surface area contributed by atoms with Crippen molar-refractivity contribution in [2.75, 3.05) is 0 Å². The van der Waals surface area contributed by atoms with Gasteiger partial charge in [0.25, 0.3) is 5.56 Å².